The van der Waals surface area contributed by atoms with Gasteiger partial charge in [-0.3, -0.25) is 4.79 Å². The van der Waals surface area contributed by atoms with Gasteiger partial charge >= 0.3 is 5.97 Å². The molecule has 3 N–H and O–H groups in total. The van der Waals surface area contributed by atoms with E-state index in [0.717, 1.165) is 12.8 Å². The second kappa shape index (κ2) is 6.66. The summed E-state index contributed by atoms with van der Waals surface area (Å²) in [5.74, 6) is -1.37. The number of carbonyl (C=O) groups is 1. The number of hydrogen-bond acceptors (Lipinski definition) is 2. The smallest absolute Gasteiger partial charge is 0.315 e. The van der Waals surface area contributed by atoms with Crippen molar-refractivity contribution in [2.75, 3.05) is 6.54 Å². The molecule has 0 aliphatic carbocycles. The highest BCUT2D eigenvalue weighted by Gasteiger charge is 2.42. The van der Waals surface area contributed by atoms with Gasteiger partial charge in [-0.1, -0.05) is 44.9 Å². The van der Waals surface area contributed by atoms with Gasteiger partial charge in [0.25, 0.3) is 0 Å². The molecule has 3 nitrogen and oxygen atoms in total. The van der Waals surface area contributed by atoms with Crippen molar-refractivity contribution in [3.63, 3.8) is 0 Å². The molecule has 0 spiro atoms. The molecule has 0 aliphatic heterocycles. The van der Waals surface area contributed by atoms with E-state index in [0.29, 0.717) is 6.42 Å². The summed E-state index contributed by atoms with van der Waals surface area (Å²) < 4.78 is 13.9. The molecule has 0 fully saturated rings. The highest BCUT2D eigenvalue weighted by atomic mass is 19.1. The van der Waals surface area contributed by atoms with Crippen LogP contribution >= 0.6 is 0 Å². The zero-order chi connectivity index (χ0) is 14.5. The van der Waals surface area contributed by atoms with E-state index < -0.39 is 17.2 Å². The third-order valence-corrected chi connectivity index (χ3v) is 3.63. The van der Waals surface area contributed by atoms with E-state index in [9.17, 15) is 14.3 Å². The predicted molar refractivity (Wildman–Crippen MR) is 73.5 cm³/mol. The molecule has 0 heterocycles. The summed E-state index contributed by atoms with van der Waals surface area (Å²) in [7, 11) is 0. The lowest BCUT2D eigenvalue weighted by molar-refractivity contribution is -0.144. The molecule has 1 aromatic rings. The molecule has 2 atom stereocenters. The molecule has 0 radical (unpaired) electrons. The topological polar surface area (TPSA) is 63.3 Å². The molecule has 2 unspecified atom stereocenters. The SMILES string of the molecule is CCCC(C)CC(CN)(C(=O)O)c1ccccc1F. The minimum absolute atomic E-state index is 0.0999. The fraction of sp³-hybridized carbons (Fsp3) is 0.533. The highest BCUT2D eigenvalue weighted by Crippen LogP contribution is 2.34. The van der Waals surface area contributed by atoms with E-state index in [2.05, 4.69) is 0 Å². The van der Waals surface area contributed by atoms with Gasteiger partial charge in [-0.15, -0.1) is 0 Å². The minimum atomic E-state index is -1.33. The van der Waals surface area contributed by atoms with Crippen molar-refractivity contribution in [2.24, 2.45) is 11.7 Å². The maximum Gasteiger partial charge on any atom is 0.315 e. The monoisotopic (exact) mass is 267 g/mol. The first-order valence-corrected chi connectivity index (χ1v) is 6.66. The van der Waals surface area contributed by atoms with Crippen molar-refractivity contribution in [1.29, 1.82) is 0 Å². The molecule has 4 heteroatoms. The van der Waals surface area contributed by atoms with Crippen LogP contribution in [0.15, 0.2) is 24.3 Å². The fourth-order valence-electron chi connectivity index (χ4n) is 2.63. The Balaban J connectivity index is 3.20. The zero-order valence-corrected chi connectivity index (χ0v) is 11.5. The Kier molecular flexibility index (Phi) is 5.48. The molecule has 0 bridgehead atoms. The van der Waals surface area contributed by atoms with Crippen LogP contribution < -0.4 is 5.73 Å². The van der Waals surface area contributed by atoms with Gasteiger partial charge in [-0.2, -0.15) is 0 Å². The van der Waals surface area contributed by atoms with Crippen LogP contribution in [0.4, 0.5) is 4.39 Å². The number of aliphatic carboxylic acids is 1. The van der Waals surface area contributed by atoms with Crippen molar-refractivity contribution in [1.82, 2.24) is 0 Å². The van der Waals surface area contributed by atoms with Crippen molar-refractivity contribution < 1.29 is 14.3 Å². The lowest BCUT2D eigenvalue weighted by Crippen LogP contribution is -2.45. The fourth-order valence-corrected chi connectivity index (χ4v) is 2.63. The quantitative estimate of drug-likeness (QED) is 0.798. The van der Waals surface area contributed by atoms with Crippen LogP contribution in [0.1, 0.15) is 38.7 Å². The number of halogens is 1. The van der Waals surface area contributed by atoms with Crippen LogP contribution in [0.5, 0.6) is 0 Å². The van der Waals surface area contributed by atoms with Crippen LogP contribution in [0, 0.1) is 11.7 Å². The van der Waals surface area contributed by atoms with Crippen LogP contribution in [0.3, 0.4) is 0 Å². The second-order valence-corrected chi connectivity index (χ2v) is 5.17. The van der Waals surface area contributed by atoms with Gasteiger partial charge in [0.05, 0.1) is 0 Å². The summed E-state index contributed by atoms with van der Waals surface area (Å²) >= 11 is 0. The Morgan fingerprint density at radius 2 is 2.11 bits per heavy atom. The molecule has 0 amide bonds. The van der Waals surface area contributed by atoms with Crippen LogP contribution in [-0.2, 0) is 10.2 Å². The molecule has 19 heavy (non-hydrogen) atoms. The van der Waals surface area contributed by atoms with Gasteiger partial charge in [0.2, 0.25) is 0 Å². The number of carboxylic acids is 1. The summed E-state index contributed by atoms with van der Waals surface area (Å²) in [6.45, 7) is 3.93. The van der Waals surface area contributed by atoms with Crippen LogP contribution in [0.2, 0.25) is 0 Å². The standard InChI is InChI=1S/C15H22FNO2/c1-3-6-11(2)9-15(10-17,14(18)19)12-7-4-5-8-13(12)16/h4-5,7-8,11H,3,6,9-10,17H2,1-2H3,(H,18,19). The molecule has 0 saturated heterocycles. The van der Waals surface area contributed by atoms with Crippen molar-refractivity contribution >= 4 is 5.97 Å². The average Bonchev–Trinajstić information content (AvgIpc) is 2.37. The van der Waals surface area contributed by atoms with Crippen molar-refractivity contribution in [3.05, 3.63) is 35.6 Å². The van der Waals surface area contributed by atoms with Gasteiger partial charge in [0.15, 0.2) is 0 Å². The maximum absolute atomic E-state index is 13.9. The minimum Gasteiger partial charge on any atom is -0.481 e. The maximum atomic E-state index is 13.9. The van der Waals surface area contributed by atoms with Crippen molar-refractivity contribution in [3.8, 4) is 0 Å². The van der Waals surface area contributed by atoms with E-state index in [1.165, 1.54) is 12.1 Å². The Morgan fingerprint density at radius 1 is 1.47 bits per heavy atom. The van der Waals surface area contributed by atoms with Gasteiger partial charge in [0.1, 0.15) is 11.2 Å². The first-order valence-electron chi connectivity index (χ1n) is 6.66. The van der Waals surface area contributed by atoms with E-state index in [1.807, 2.05) is 13.8 Å². The lowest BCUT2D eigenvalue weighted by Gasteiger charge is -2.31. The first kappa shape index (κ1) is 15.6. The summed E-state index contributed by atoms with van der Waals surface area (Å²) in [4.78, 5) is 11.7. The third-order valence-electron chi connectivity index (χ3n) is 3.63. The van der Waals surface area contributed by atoms with Gasteiger partial charge < -0.3 is 10.8 Å². The number of hydrogen-bond donors (Lipinski definition) is 2. The van der Waals surface area contributed by atoms with E-state index >= 15 is 0 Å². The number of carboxylic acid groups (broad SMARTS) is 1. The molecular formula is C15H22FNO2. The summed E-state index contributed by atoms with van der Waals surface area (Å²) in [6.07, 6.45) is 2.23. The largest absolute Gasteiger partial charge is 0.481 e. The Morgan fingerprint density at radius 3 is 2.58 bits per heavy atom. The van der Waals surface area contributed by atoms with Gasteiger partial charge in [0, 0.05) is 12.1 Å². The van der Waals surface area contributed by atoms with Gasteiger partial charge in [-0.05, 0) is 18.4 Å². The number of nitrogens with two attached hydrogens (primary N) is 1. The molecular weight excluding hydrogens is 245 g/mol. The Hall–Kier alpha value is -1.42. The zero-order valence-electron chi connectivity index (χ0n) is 11.5. The second-order valence-electron chi connectivity index (χ2n) is 5.17. The molecule has 1 aromatic carbocycles. The van der Waals surface area contributed by atoms with E-state index in [4.69, 9.17) is 5.73 Å². The molecule has 106 valence electrons. The van der Waals surface area contributed by atoms with E-state index in [-0.39, 0.29) is 18.0 Å². The van der Waals surface area contributed by atoms with E-state index in [1.54, 1.807) is 12.1 Å². The van der Waals surface area contributed by atoms with Crippen LogP contribution in [-0.4, -0.2) is 17.6 Å². The highest BCUT2D eigenvalue weighted by molar-refractivity contribution is 5.82. The van der Waals surface area contributed by atoms with Crippen LogP contribution in [0.25, 0.3) is 0 Å². The first-order chi connectivity index (χ1) is 8.97. The third kappa shape index (κ3) is 3.32. The molecule has 0 aromatic heterocycles. The number of benzene rings is 1. The molecule has 1 rings (SSSR count). The predicted octanol–water partition coefficient (Wildman–Crippen LogP) is 2.93. The van der Waals surface area contributed by atoms with Gasteiger partial charge in [-0.25, -0.2) is 4.39 Å². The normalized spacial score (nSPS) is 15.8. The summed E-state index contributed by atoms with van der Waals surface area (Å²) in [5.41, 5.74) is 4.56. The summed E-state index contributed by atoms with van der Waals surface area (Å²) in [5, 5.41) is 9.57. The number of rotatable bonds is 7. The molecule has 0 saturated carbocycles. The Bertz CT molecular complexity index is 436. The average molecular weight is 267 g/mol. The van der Waals surface area contributed by atoms with Crippen molar-refractivity contribution in [2.45, 2.75) is 38.5 Å². The lowest BCUT2D eigenvalue weighted by atomic mass is 9.73. The molecule has 0 aliphatic rings. The Labute approximate surface area is 113 Å². The summed E-state index contributed by atoms with van der Waals surface area (Å²) in [6, 6.07) is 6.01.